The van der Waals surface area contributed by atoms with Crippen LogP contribution < -0.4 is 9.47 Å². The van der Waals surface area contributed by atoms with E-state index in [9.17, 15) is 9.59 Å². The molecule has 2 rings (SSSR count). The Morgan fingerprint density at radius 2 is 0.964 bits per heavy atom. The predicted octanol–water partition coefficient (Wildman–Crippen LogP) is 5.89. The highest BCUT2D eigenvalue weighted by Gasteiger charge is 2.18. The largest absolute Gasteiger partial charge is 0.494 e. The number of benzene rings is 2. The van der Waals surface area contributed by atoms with Gasteiger partial charge in [-0.15, -0.1) is 0 Å². The summed E-state index contributed by atoms with van der Waals surface area (Å²) < 4.78 is 11.3. The fourth-order valence-corrected chi connectivity index (χ4v) is 2.75. The number of ketones is 2. The number of ether oxygens (including phenoxy) is 2. The zero-order chi connectivity index (χ0) is 20.2. The van der Waals surface area contributed by atoms with Crippen LogP contribution in [0.5, 0.6) is 11.5 Å². The Balaban J connectivity index is 1.90. The fraction of sp³-hybridized carbons (Fsp3) is 0.417. The van der Waals surface area contributed by atoms with E-state index in [-0.39, 0.29) is 0 Å². The lowest BCUT2D eigenvalue weighted by atomic mass is 10.0. The average Bonchev–Trinajstić information content (AvgIpc) is 2.74. The highest BCUT2D eigenvalue weighted by Crippen LogP contribution is 2.17. The van der Waals surface area contributed by atoms with E-state index in [2.05, 4.69) is 13.8 Å². The van der Waals surface area contributed by atoms with Crippen LogP contribution in [-0.4, -0.2) is 24.8 Å². The first-order valence-corrected chi connectivity index (χ1v) is 10.2. The van der Waals surface area contributed by atoms with Crippen molar-refractivity contribution in [3.05, 3.63) is 59.7 Å². The van der Waals surface area contributed by atoms with Crippen molar-refractivity contribution in [3.63, 3.8) is 0 Å². The highest BCUT2D eigenvalue weighted by atomic mass is 16.5. The Morgan fingerprint density at radius 3 is 1.29 bits per heavy atom. The van der Waals surface area contributed by atoms with E-state index in [0.717, 1.165) is 38.5 Å². The van der Waals surface area contributed by atoms with Gasteiger partial charge in [0.25, 0.3) is 0 Å². The molecule has 0 N–H and O–H groups in total. The maximum absolute atomic E-state index is 12.5. The number of carbonyl (C=O) groups is 2. The molecule has 0 bridgehead atoms. The molecule has 0 unspecified atom stereocenters. The second-order valence-corrected chi connectivity index (χ2v) is 6.82. The lowest BCUT2D eigenvalue weighted by molar-refractivity contribution is 0.0817. The SMILES string of the molecule is CCCCCOc1ccc(C(=O)C(=O)c2ccc(OCCCCC)cc2)cc1. The van der Waals surface area contributed by atoms with Gasteiger partial charge in [-0.1, -0.05) is 39.5 Å². The molecule has 0 fully saturated rings. The zero-order valence-electron chi connectivity index (χ0n) is 16.9. The lowest BCUT2D eigenvalue weighted by Crippen LogP contribution is -2.14. The van der Waals surface area contributed by atoms with Gasteiger partial charge in [0.15, 0.2) is 0 Å². The summed E-state index contributed by atoms with van der Waals surface area (Å²) in [5.74, 6) is 0.387. The van der Waals surface area contributed by atoms with Gasteiger partial charge in [0.1, 0.15) is 11.5 Å². The number of Topliss-reactive ketones (excluding diaryl/α,β-unsaturated/α-hetero) is 2. The third kappa shape index (κ3) is 6.84. The summed E-state index contributed by atoms with van der Waals surface area (Å²) >= 11 is 0. The van der Waals surface area contributed by atoms with E-state index < -0.39 is 11.6 Å². The first-order chi connectivity index (χ1) is 13.7. The number of unbranched alkanes of at least 4 members (excludes halogenated alkanes) is 4. The van der Waals surface area contributed by atoms with Crippen LogP contribution in [0.1, 0.15) is 73.1 Å². The monoisotopic (exact) mass is 382 g/mol. The molecule has 0 aliphatic heterocycles. The summed E-state index contributed by atoms with van der Waals surface area (Å²) in [5, 5.41) is 0. The molecule has 2 aromatic rings. The number of rotatable bonds is 13. The van der Waals surface area contributed by atoms with Crippen LogP contribution in [0.3, 0.4) is 0 Å². The van der Waals surface area contributed by atoms with Gasteiger partial charge in [0, 0.05) is 11.1 Å². The Kier molecular flexibility index (Phi) is 9.26. The number of hydrogen-bond donors (Lipinski definition) is 0. The molecule has 28 heavy (non-hydrogen) atoms. The molecule has 0 aromatic heterocycles. The summed E-state index contributed by atoms with van der Waals surface area (Å²) in [6, 6.07) is 13.5. The van der Waals surface area contributed by atoms with Crippen LogP contribution in [0.4, 0.5) is 0 Å². The molecule has 0 saturated heterocycles. The zero-order valence-corrected chi connectivity index (χ0v) is 16.9. The van der Waals surface area contributed by atoms with Crippen molar-refractivity contribution in [1.29, 1.82) is 0 Å². The highest BCUT2D eigenvalue weighted by molar-refractivity contribution is 6.49. The van der Waals surface area contributed by atoms with Gasteiger partial charge in [-0.2, -0.15) is 0 Å². The first-order valence-electron chi connectivity index (χ1n) is 10.2. The van der Waals surface area contributed by atoms with Gasteiger partial charge in [-0.3, -0.25) is 9.59 Å². The molecule has 0 aliphatic rings. The van der Waals surface area contributed by atoms with Crippen molar-refractivity contribution in [2.75, 3.05) is 13.2 Å². The van der Waals surface area contributed by atoms with Gasteiger partial charge >= 0.3 is 0 Å². The third-order valence-electron chi connectivity index (χ3n) is 4.47. The van der Waals surface area contributed by atoms with E-state index in [1.807, 2.05) is 0 Å². The van der Waals surface area contributed by atoms with Crippen molar-refractivity contribution in [2.24, 2.45) is 0 Å². The molecule has 0 saturated carbocycles. The second kappa shape index (κ2) is 12.0. The smallest absolute Gasteiger partial charge is 0.233 e. The molecule has 0 spiro atoms. The van der Waals surface area contributed by atoms with E-state index >= 15 is 0 Å². The summed E-state index contributed by atoms with van der Waals surface area (Å²) in [6.07, 6.45) is 6.57. The van der Waals surface area contributed by atoms with Gasteiger partial charge in [0.05, 0.1) is 13.2 Å². The van der Waals surface area contributed by atoms with Crippen LogP contribution in [0.25, 0.3) is 0 Å². The normalized spacial score (nSPS) is 10.5. The predicted molar refractivity (Wildman–Crippen MR) is 112 cm³/mol. The molecule has 4 nitrogen and oxygen atoms in total. The summed E-state index contributed by atoms with van der Waals surface area (Å²) in [7, 11) is 0. The van der Waals surface area contributed by atoms with Crippen LogP contribution in [0.2, 0.25) is 0 Å². The minimum Gasteiger partial charge on any atom is -0.494 e. The van der Waals surface area contributed by atoms with Gasteiger partial charge in [-0.05, 0) is 61.4 Å². The number of hydrogen-bond acceptors (Lipinski definition) is 4. The Hall–Kier alpha value is -2.62. The van der Waals surface area contributed by atoms with Crippen molar-refractivity contribution in [3.8, 4) is 11.5 Å². The molecule has 4 heteroatoms. The Bertz CT molecular complexity index is 667. The van der Waals surface area contributed by atoms with Crippen molar-refractivity contribution >= 4 is 11.6 Å². The first kappa shape index (κ1) is 21.7. The van der Waals surface area contributed by atoms with E-state index in [1.54, 1.807) is 48.5 Å². The average molecular weight is 383 g/mol. The molecular weight excluding hydrogens is 352 g/mol. The minimum atomic E-state index is -0.519. The van der Waals surface area contributed by atoms with Gasteiger partial charge in [0.2, 0.25) is 11.6 Å². The van der Waals surface area contributed by atoms with Gasteiger partial charge < -0.3 is 9.47 Å². The molecule has 0 aliphatic carbocycles. The summed E-state index contributed by atoms with van der Waals surface area (Å²) in [5.41, 5.74) is 0.733. The van der Waals surface area contributed by atoms with E-state index in [0.29, 0.717) is 35.8 Å². The Morgan fingerprint density at radius 1 is 0.607 bits per heavy atom. The van der Waals surface area contributed by atoms with Crippen molar-refractivity contribution in [1.82, 2.24) is 0 Å². The summed E-state index contributed by atoms with van der Waals surface area (Å²) in [4.78, 5) is 24.9. The minimum absolute atomic E-state index is 0.366. The van der Waals surface area contributed by atoms with E-state index in [1.165, 1.54) is 0 Å². The van der Waals surface area contributed by atoms with Crippen LogP contribution >= 0.6 is 0 Å². The maximum atomic E-state index is 12.5. The standard InChI is InChI=1S/C24H30O4/c1-3-5-7-17-27-21-13-9-19(10-14-21)23(25)24(26)20-11-15-22(16-12-20)28-18-8-6-4-2/h9-16H,3-8,17-18H2,1-2H3. The van der Waals surface area contributed by atoms with Gasteiger partial charge in [-0.25, -0.2) is 0 Å². The quantitative estimate of drug-likeness (QED) is 0.246. The fourth-order valence-electron chi connectivity index (χ4n) is 2.75. The molecular formula is C24H30O4. The Labute approximate surface area is 167 Å². The second-order valence-electron chi connectivity index (χ2n) is 6.82. The summed E-state index contributed by atoms with van der Waals surface area (Å²) in [6.45, 7) is 5.61. The van der Waals surface area contributed by atoms with E-state index in [4.69, 9.17) is 9.47 Å². The molecule has 0 amide bonds. The van der Waals surface area contributed by atoms with Crippen LogP contribution in [0.15, 0.2) is 48.5 Å². The van der Waals surface area contributed by atoms with Crippen molar-refractivity contribution < 1.29 is 19.1 Å². The molecule has 0 heterocycles. The van der Waals surface area contributed by atoms with Crippen LogP contribution in [-0.2, 0) is 0 Å². The number of carbonyl (C=O) groups excluding carboxylic acids is 2. The van der Waals surface area contributed by atoms with Crippen LogP contribution in [0, 0.1) is 0 Å². The third-order valence-corrected chi connectivity index (χ3v) is 4.47. The topological polar surface area (TPSA) is 52.6 Å². The van der Waals surface area contributed by atoms with Crippen molar-refractivity contribution in [2.45, 2.75) is 52.4 Å². The molecule has 0 atom stereocenters. The lowest BCUT2D eigenvalue weighted by Gasteiger charge is -2.07. The maximum Gasteiger partial charge on any atom is 0.233 e. The molecule has 150 valence electrons. The molecule has 2 aromatic carbocycles. The molecule has 0 radical (unpaired) electrons.